The monoisotopic (exact) mass is 385 g/mol. The van der Waals surface area contributed by atoms with Crippen molar-refractivity contribution >= 4 is 34.8 Å². The second kappa shape index (κ2) is 8.12. The Balaban J connectivity index is 1.98. The molecule has 3 aromatic rings. The molecule has 0 aliphatic carbocycles. The van der Waals surface area contributed by atoms with Crippen LogP contribution >= 0.6 is 22.9 Å². The van der Waals surface area contributed by atoms with E-state index in [0.717, 1.165) is 11.1 Å². The molecule has 0 saturated carbocycles. The van der Waals surface area contributed by atoms with E-state index in [1.165, 1.54) is 15.9 Å². The number of rotatable bonds is 4. The number of halogens is 1. The number of aromatic nitrogens is 1. The maximum absolute atomic E-state index is 12.3. The Morgan fingerprint density at radius 3 is 2.46 bits per heavy atom. The number of amides is 1. The van der Waals surface area contributed by atoms with E-state index >= 15 is 0 Å². The van der Waals surface area contributed by atoms with E-state index in [2.05, 4.69) is 10.5 Å². The molecule has 0 bridgehead atoms. The zero-order valence-corrected chi connectivity index (χ0v) is 15.6. The van der Waals surface area contributed by atoms with Gasteiger partial charge in [0.15, 0.2) is 0 Å². The first kappa shape index (κ1) is 18.1. The minimum Gasteiger partial charge on any atom is -0.273 e. The van der Waals surface area contributed by atoms with Crippen LogP contribution in [0.4, 0.5) is 0 Å². The number of carbonyl (C=O) groups is 2. The first-order valence-corrected chi connectivity index (χ1v) is 9.27. The number of benzene rings is 2. The number of thiazole rings is 1. The standard InChI is InChI=1S/C19H16ClN3O2S/c1-13-7-9-14(10-8-13)16-12-26-19(23(16)17(24)11-20)22-21-18(25)15-5-3-2-4-6-15/h2-10,12H,11H2,1H3,(H,21,25)/b22-19-. The fourth-order valence-corrected chi connectivity index (χ4v) is 3.35. The number of carbonyl (C=O) groups excluding carboxylic acids is 2. The molecule has 1 N–H and O–H groups in total. The summed E-state index contributed by atoms with van der Waals surface area (Å²) in [6, 6.07) is 16.5. The molecule has 2 aromatic carbocycles. The van der Waals surface area contributed by atoms with Gasteiger partial charge in [-0.05, 0) is 24.6 Å². The highest BCUT2D eigenvalue weighted by molar-refractivity contribution is 7.07. The van der Waals surface area contributed by atoms with Gasteiger partial charge in [-0.15, -0.1) is 28.0 Å². The zero-order chi connectivity index (χ0) is 18.5. The maximum Gasteiger partial charge on any atom is 0.271 e. The van der Waals surface area contributed by atoms with E-state index < -0.39 is 0 Å². The van der Waals surface area contributed by atoms with Gasteiger partial charge in [0.05, 0.1) is 5.69 Å². The summed E-state index contributed by atoms with van der Waals surface area (Å²) in [5.74, 6) is -0.841. The first-order chi connectivity index (χ1) is 12.6. The molecule has 0 saturated heterocycles. The summed E-state index contributed by atoms with van der Waals surface area (Å²) in [4.78, 5) is 24.9. The molecule has 0 aliphatic rings. The third-order valence-corrected chi connectivity index (χ3v) is 4.76. The topological polar surface area (TPSA) is 63.5 Å². The summed E-state index contributed by atoms with van der Waals surface area (Å²) >= 11 is 7.02. The predicted molar refractivity (Wildman–Crippen MR) is 103 cm³/mol. The summed E-state index contributed by atoms with van der Waals surface area (Å²) in [5, 5.41) is 5.94. The highest BCUT2D eigenvalue weighted by atomic mass is 35.5. The van der Waals surface area contributed by atoms with Crippen molar-refractivity contribution in [3.63, 3.8) is 0 Å². The zero-order valence-electron chi connectivity index (χ0n) is 14.0. The summed E-state index contributed by atoms with van der Waals surface area (Å²) in [6.07, 6.45) is 0. The molecule has 3 rings (SSSR count). The van der Waals surface area contributed by atoms with Crippen LogP contribution in [0.3, 0.4) is 0 Å². The lowest BCUT2D eigenvalue weighted by atomic mass is 10.1. The molecular formula is C19H16ClN3O2S. The average Bonchev–Trinajstić information content (AvgIpc) is 3.10. The van der Waals surface area contributed by atoms with Crippen molar-refractivity contribution in [2.75, 3.05) is 5.88 Å². The molecule has 0 unspecified atom stereocenters. The van der Waals surface area contributed by atoms with Gasteiger partial charge in [-0.25, -0.2) is 5.43 Å². The Hall–Kier alpha value is -2.70. The molecule has 0 atom stereocenters. The lowest BCUT2D eigenvalue weighted by molar-refractivity contribution is 0.0926. The van der Waals surface area contributed by atoms with Gasteiger partial charge in [0, 0.05) is 10.9 Å². The van der Waals surface area contributed by atoms with E-state index in [1.807, 2.05) is 42.6 Å². The van der Waals surface area contributed by atoms with Crippen molar-refractivity contribution in [1.29, 1.82) is 0 Å². The Labute approximate surface area is 159 Å². The van der Waals surface area contributed by atoms with Gasteiger partial charge in [0.25, 0.3) is 5.91 Å². The molecule has 132 valence electrons. The highest BCUT2D eigenvalue weighted by Gasteiger charge is 2.14. The van der Waals surface area contributed by atoms with Crippen LogP contribution in [0.5, 0.6) is 0 Å². The van der Waals surface area contributed by atoms with Crippen LogP contribution in [0, 0.1) is 6.92 Å². The molecule has 0 fully saturated rings. The van der Waals surface area contributed by atoms with Gasteiger partial charge in [0.1, 0.15) is 5.88 Å². The third kappa shape index (κ3) is 3.92. The highest BCUT2D eigenvalue weighted by Crippen LogP contribution is 2.20. The molecule has 0 spiro atoms. The van der Waals surface area contributed by atoms with Crippen molar-refractivity contribution in [3.05, 3.63) is 75.9 Å². The molecule has 1 aromatic heterocycles. The van der Waals surface area contributed by atoms with Crippen molar-refractivity contribution in [2.45, 2.75) is 6.92 Å². The van der Waals surface area contributed by atoms with E-state index in [0.29, 0.717) is 16.1 Å². The van der Waals surface area contributed by atoms with Crippen molar-refractivity contribution in [3.8, 4) is 11.3 Å². The van der Waals surface area contributed by atoms with E-state index in [-0.39, 0.29) is 17.7 Å². The van der Waals surface area contributed by atoms with Crippen molar-refractivity contribution < 1.29 is 9.59 Å². The van der Waals surface area contributed by atoms with Crippen LogP contribution in [0.2, 0.25) is 0 Å². The van der Waals surface area contributed by atoms with Crippen molar-refractivity contribution in [2.24, 2.45) is 5.10 Å². The Bertz CT molecular complexity index is 992. The summed E-state index contributed by atoms with van der Waals surface area (Å²) < 4.78 is 1.42. The number of aryl methyl sites for hydroxylation is 1. The van der Waals surface area contributed by atoms with Gasteiger partial charge in [-0.1, -0.05) is 48.0 Å². The average molecular weight is 386 g/mol. The van der Waals surface area contributed by atoms with E-state index in [1.54, 1.807) is 24.3 Å². The molecular weight excluding hydrogens is 370 g/mol. The van der Waals surface area contributed by atoms with Gasteiger partial charge in [-0.3, -0.25) is 14.2 Å². The maximum atomic E-state index is 12.3. The van der Waals surface area contributed by atoms with Crippen LogP contribution < -0.4 is 10.2 Å². The number of nitrogens with zero attached hydrogens (tertiary/aromatic N) is 2. The first-order valence-electron chi connectivity index (χ1n) is 7.86. The Kier molecular flexibility index (Phi) is 5.65. The van der Waals surface area contributed by atoms with Crippen LogP contribution in [0.15, 0.2) is 65.1 Å². The lowest BCUT2D eigenvalue weighted by Gasteiger charge is -2.06. The largest absolute Gasteiger partial charge is 0.273 e. The second-order valence-corrected chi connectivity index (χ2v) is 6.65. The van der Waals surface area contributed by atoms with Gasteiger partial charge >= 0.3 is 0 Å². The smallest absolute Gasteiger partial charge is 0.271 e. The molecule has 5 nitrogen and oxygen atoms in total. The predicted octanol–water partition coefficient (Wildman–Crippen LogP) is 3.65. The van der Waals surface area contributed by atoms with Gasteiger partial charge in [0.2, 0.25) is 10.7 Å². The SMILES string of the molecule is Cc1ccc(-c2cs/c(=N\NC(=O)c3ccccc3)n2C(=O)CCl)cc1. The third-order valence-electron chi connectivity index (χ3n) is 3.71. The molecule has 7 heteroatoms. The van der Waals surface area contributed by atoms with Gasteiger partial charge in [-0.2, -0.15) is 0 Å². The van der Waals surface area contributed by atoms with Crippen LogP contribution in [0.25, 0.3) is 11.3 Å². The van der Waals surface area contributed by atoms with Crippen LogP contribution in [0.1, 0.15) is 20.7 Å². The number of hydrogen-bond donors (Lipinski definition) is 1. The van der Waals surface area contributed by atoms with E-state index in [9.17, 15) is 9.59 Å². The van der Waals surface area contributed by atoms with E-state index in [4.69, 9.17) is 11.6 Å². The summed E-state index contributed by atoms with van der Waals surface area (Å²) in [6.45, 7) is 2.00. The molecule has 0 aliphatic heterocycles. The Morgan fingerprint density at radius 2 is 1.81 bits per heavy atom. The molecule has 26 heavy (non-hydrogen) atoms. The molecule has 0 radical (unpaired) electrons. The van der Waals surface area contributed by atoms with Crippen LogP contribution in [-0.2, 0) is 0 Å². The van der Waals surface area contributed by atoms with Gasteiger partial charge < -0.3 is 0 Å². The second-order valence-electron chi connectivity index (χ2n) is 5.55. The fraction of sp³-hybridized carbons (Fsp3) is 0.105. The normalized spacial score (nSPS) is 11.4. The minimum atomic E-state index is -0.347. The quantitative estimate of drug-likeness (QED) is 0.550. The Morgan fingerprint density at radius 1 is 1.12 bits per heavy atom. The summed E-state index contributed by atoms with van der Waals surface area (Å²) in [5.41, 5.74) is 5.67. The number of nitrogens with one attached hydrogen (secondary N) is 1. The summed E-state index contributed by atoms with van der Waals surface area (Å²) in [7, 11) is 0. The lowest BCUT2D eigenvalue weighted by Crippen LogP contribution is -2.29. The molecule has 1 amide bonds. The van der Waals surface area contributed by atoms with Crippen molar-refractivity contribution in [1.82, 2.24) is 9.99 Å². The fourth-order valence-electron chi connectivity index (χ4n) is 2.37. The minimum absolute atomic E-state index is 0.185. The molecule has 1 heterocycles. The van der Waals surface area contributed by atoms with Crippen LogP contribution in [-0.4, -0.2) is 22.3 Å². The number of hydrogen-bond acceptors (Lipinski definition) is 4. The number of alkyl halides is 1.